The molecule has 0 aliphatic heterocycles. The number of aromatic nitrogens is 3. The number of benzene rings is 1. The monoisotopic (exact) mass is 357 g/mol. The summed E-state index contributed by atoms with van der Waals surface area (Å²) >= 11 is 1.52. The van der Waals surface area contributed by atoms with E-state index in [9.17, 15) is 4.79 Å². The van der Waals surface area contributed by atoms with Crippen LogP contribution in [0.3, 0.4) is 0 Å². The van der Waals surface area contributed by atoms with Crippen molar-refractivity contribution in [1.29, 1.82) is 0 Å². The smallest absolute Gasteiger partial charge is 0.319 e. The Hall–Kier alpha value is -2.74. The van der Waals surface area contributed by atoms with Crippen LogP contribution in [0.5, 0.6) is 0 Å². The van der Waals surface area contributed by atoms with Crippen LogP contribution in [0.4, 0.5) is 10.5 Å². The maximum absolute atomic E-state index is 11.9. The molecule has 0 atom stereocenters. The number of thiazole rings is 1. The van der Waals surface area contributed by atoms with Gasteiger partial charge in [-0.05, 0) is 31.2 Å². The van der Waals surface area contributed by atoms with Crippen LogP contribution in [0, 0.1) is 6.92 Å². The molecule has 130 valence electrons. The first-order valence-corrected chi connectivity index (χ1v) is 8.79. The molecule has 2 aromatic heterocycles. The van der Waals surface area contributed by atoms with Crippen LogP contribution >= 0.6 is 11.3 Å². The molecule has 0 radical (unpaired) electrons. The van der Waals surface area contributed by atoms with E-state index in [1.54, 1.807) is 12.1 Å². The molecule has 0 saturated heterocycles. The van der Waals surface area contributed by atoms with Crippen LogP contribution < -0.4 is 10.6 Å². The van der Waals surface area contributed by atoms with Crippen molar-refractivity contribution in [3.63, 3.8) is 0 Å². The van der Waals surface area contributed by atoms with Crippen molar-refractivity contribution in [1.82, 2.24) is 20.4 Å². The number of rotatable bonds is 5. The fourth-order valence-electron chi connectivity index (χ4n) is 2.10. The van der Waals surface area contributed by atoms with Gasteiger partial charge in [0.25, 0.3) is 5.89 Å². The highest BCUT2D eigenvalue weighted by Crippen LogP contribution is 2.21. The minimum Gasteiger partial charge on any atom is -0.334 e. The Balaban J connectivity index is 1.57. The Labute approximate surface area is 149 Å². The Kier molecular flexibility index (Phi) is 5.08. The van der Waals surface area contributed by atoms with E-state index in [-0.39, 0.29) is 11.9 Å². The zero-order chi connectivity index (χ0) is 17.8. The van der Waals surface area contributed by atoms with E-state index in [1.807, 2.05) is 38.3 Å². The van der Waals surface area contributed by atoms with Gasteiger partial charge in [0.15, 0.2) is 5.82 Å². The first-order chi connectivity index (χ1) is 12.0. The van der Waals surface area contributed by atoms with Crippen LogP contribution in [0.15, 0.2) is 34.2 Å². The molecule has 3 rings (SSSR count). The summed E-state index contributed by atoms with van der Waals surface area (Å²) in [6, 6.07) is 6.97. The molecule has 2 N–H and O–H groups in total. The average Bonchev–Trinajstić information content (AvgIpc) is 3.23. The summed E-state index contributed by atoms with van der Waals surface area (Å²) in [5.41, 5.74) is 2.45. The molecular formula is C17H19N5O2S. The number of aryl methyl sites for hydroxylation is 1. The number of hydrogen-bond donors (Lipinski definition) is 2. The first kappa shape index (κ1) is 17.1. The Bertz CT molecular complexity index is 854. The van der Waals surface area contributed by atoms with Crippen LogP contribution in [-0.2, 0) is 6.54 Å². The lowest BCUT2D eigenvalue weighted by Gasteiger charge is -2.06. The van der Waals surface area contributed by atoms with Gasteiger partial charge in [0, 0.05) is 28.2 Å². The molecule has 25 heavy (non-hydrogen) atoms. The van der Waals surface area contributed by atoms with Crippen LogP contribution in [0.1, 0.15) is 36.3 Å². The van der Waals surface area contributed by atoms with Crippen LogP contribution in [0.2, 0.25) is 0 Å². The molecule has 0 aliphatic rings. The van der Waals surface area contributed by atoms with Gasteiger partial charge in [0.2, 0.25) is 0 Å². The van der Waals surface area contributed by atoms with E-state index in [4.69, 9.17) is 4.52 Å². The number of hydrogen-bond acceptors (Lipinski definition) is 6. The molecular weight excluding hydrogens is 338 g/mol. The van der Waals surface area contributed by atoms with Gasteiger partial charge in [-0.1, -0.05) is 19.0 Å². The summed E-state index contributed by atoms with van der Waals surface area (Å²) < 4.78 is 5.26. The number of amides is 2. The maximum Gasteiger partial charge on any atom is 0.319 e. The fourth-order valence-corrected chi connectivity index (χ4v) is 2.81. The van der Waals surface area contributed by atoms with Gasteiger partial charge < -0.3 is 15.2 Å². The van der Waals surface area contributed by atoms with E-state index in [0.717, 1.165) is 16.3 Å². The summed E-state index contributed by atoms with van der Waals surface area (Å²) in [5, 5.41) is 12.3. The van der Waals surface area contributed by atoms with Crippen molar-refractivity contribution in [3.8, 4) is 11.5 Å². The van der Waals surface area contributed by atoms with E-state index in [2.05, 4.69) is 25.8 Å². The van der Waals surface area contributed by atoms with E-state index in [0.29, 0.717) is 23.9 Å². The molecule has 0 spiro atoms. The summed E-state index contributed by atoms with van der Waals surface area (Å²) in [7, 11) is 0. The summed E-state index contributed by atoms with van der Waals surface area (Å²) in [4.78, 5) is 20.6. The van der Waals surface area contributed by atoms with Gasteiger partial charge in [0.1, 0.15) is 5.01 Å². The summed E-state index contributed by atoms with van der Waals surface area (Å²) in [6.07, 6.45) is 0. The molecule has 2 amide bonds. The van der Waals surface area contributed by atoms with Gasteiger partial charge in [0.05, 0.1) is 6.54 Å². The number of carbonyl (C=O) groups is 1. The predicted molar refractivity (Wildman–Crippen MR) is 96.5 cm³/mol. The van der Waals surface area contributed by atoms with Crippen molar-refractivity contribution in [2.24, 2.45) is 0 Å². The average molecular weight is 357 g/mol. The highest BCUT2D eigenvalue weighted by molar-refractivity contribution is 7.09. The Morgan fingerprint density at radius 3 is 2.60 bits per heavy atom. The van der Waals surface area contributed by atoms with Crippen molar-refractivity contribution in [2.75, 3.05) is 5.32 Å². The minimum atomic E-state index is -0.277. The first-order valence-electron chi connectivity index (χ1n) is 7.91. The Morgan fingerprint density at radius 2 is 2.00 bits per heavy atom. The van der Waals surface area contributed by atoms with E-state index < -0.39 is 0 Å². The molecule has 7 nitrogen and oxygen atoms in total. The maximum atomic E-state index is 11.9. The minimum absolute atomic E-state index is 0.212. The zero-order valence-corrected chi connectivity index (χ0v) is 15.1. The van der Waals surface area contributed by atoms with Gasteiger partial charge in [-0.3, -0.25) is 0 Å². The molecule has 0 saturated carbocycles. The molecule has 0 bridgehead atoms. The fraction of sp³-hybridized carbons (Fsp3) is 0.294. The van der Waals surface area contributed by atoms with Crippen molar-refractivity contribution < 1.29 is 9.32 Å². The lowest BCUT2D eigenvalue weighted by atomic mass is 10.2. The molecule has 3 aromatic rings. The quantitative estimate of drug-likeness (QED) is 0.721. The second-order valence-electron chi connectivity index (χ2n) is 5.88. The highest BCUT2D eigenvalue weighted by atomic mass is 32.1. The Morgan fingerprint density at radius 1 is 1.24 bits per heavy atom. The SMILES string of the molecule is Cc1csc(CNC(=O)Nc2ccc(-c3nc(C(C)C)no3)cc2)n1. The van der Waals surface area contributed by atoms with Gasteiger partial charge in [-0.25, -0.2) is 9.78 Å². The second-order valence-corrected chi connectivity index (χ2v) is 6.82. The van der Waals surface area contributed by atoms with Crippen LogP contribution in [-0.4, -0.2) is 21.2 Å². The van der Waals surface area contributed by atoms with E-state index >= 15 is 0 Å². The second kappa shape index (κ2) is 7.43. The summed E-state index contributed by atoms with van der Waals surface area (Å²) in [6.45, 7) is 6.35. The number of urea groups is 1. The third kappa shape index (κ3) is 4.42. The molecule has 0 unspecified atom stereocenters. The number of carbonyl (C=O) groups excluding carboxylic acids is 1. The standard InChI is InChI=1S/C17H19N5O2S/c1-10(2)15-21-16(24-22-15)12-4-6-13(7-5-12)20-17(23)18-8-14-19-11(3)9-25-14/h4-7,9-10H,8H2,1-3H3,(H2,18,20,23). The van der Waals surface area contributed by atoms with Gasteiger partial charge in [-0.15, -0.1) is 11.3 Å². The van der Waals surface area contributed by atoms with Crippen molar-refractivity contribution in [3.05, 3.63) is 46.2 Å². The predicted octanol–water partition coefficient (Wildman–Crippen LogP) is 3.95. The third-order valence-electron chi connectivity index (χ3n) is 3.41. The zero-order valence-electron chi connectivity index (χ0n) is 14.2. The van der Waals surface area contributed by atoms with Crippen molar-refractivity contribution >= 4 is 23.1 Å². The highest BCUT2D eigenvalue weighted by Gasteiger charge is 2.11. The molecule has 0 fully saturated rings. The lowest BCUT2D eigenvalue weighted by Crippen LogP contribution is -2.28. The van der Waals surface area contributed by atoms with Crippen molar-refractivity contribution in [2.45, 2.75) is 33.2 Å². The molecule has 0 aliphatic carbocycles. The number of anilines is 1. The van der Waals surface area contributed by atoms with Gasteiger partial charge >= 0.3 is 6.03 Å². The van der Waals surface area contributed by atoms with Gasteiger partial charge in [-0.2, -0.15) is 4.98 Å². The molecule has 1 aromatic carbocycles. The number of nitrogens with zero attached hydrogens (tertiary/aromatic N) is 3. The topological polar surface area (TPSA) is 92.9 Å². The lowest BCUT2D eigenvalue weighted by molar-refractivity contribution is 0.251. The van der Waals surface area contributed by atoms with Crippen LogP contribution in [0.25, 0.3) is 11.5 Å². The third-order valence-corrected chi connectivity index (χ3v) is 4.38. The van der Waals surface area contributed by atoms with E-state index in [1.165, 1.54) is 11.3 Å². The largest absolute Gasteiger partial charge is 0.334 e. The summed E-state index contributed by atoms with van der Waals surface area (Å²) in [5.74, 6) is 1.36. The normalized spacial score (nSPS) is 10.9. The molecule has 8 heteroatoms. The molecule has 2 heterocycles. The number of nitrogens with one attached hydrogen (secondary N) is 2.